The van der Waals surface area contributed by atoms with Crippen LogP contribution in [0.1, 0.15) is 34.2 Å². The summed E-state index contributed by atoms with van der Waals surface area (Å²) in [6, 6.07) is 10.9. The molecule has 1 N–H and O–H groups in total. The molecule has 104 valence electrons. The highest BCUT2D eigenvalue weighted by molar-refractivity contribution is 5.42. The van der Waals surface area contributed by atoms with Crippen molar-refractivity contribution < 1.29 is 9.50 Å². The van der Waals surface area contributed by atoms with Crippen molar-refractivity contribution in [3.05, 3.63) is 70.0 Å². The van der Waals surface area contributed by atoms with Crippen molar-refractivity contribution in [1.29, 1.82) is 0 Å². The zero-order chi connectivity index (χ0) is 14.3. The molecular weight excluding hydrogens is 251 g/mol. The molecule has 0 bridgehead atoms. The summed E-state index contributed by atoms with van der Waals surface area (Å²) >= 11 is 0. The highest BCUT2D eigenvalue weighted by Crippen LogP contribution is 2.40. The number of aliphatic hydroxyl groups is 1. The summed E-state index contributed by atoms with van der Waals surface area (Å²) in [5.41, 5.74) is 4.58. The number of hydrogen-bond donors (Lipinski definition) is 1. The molecule has 0 radical (unpaired) electrons. The highest BCUT2D eigenvalue weighted by atomic mass is 19.1. The molecule has 2 aromatic carbocycles. The standard InChI is InChI=1S/C18H19FO/c1-12-4-3-5-13(2)16(12)11-18(20)9-8-14-10-15(19)6-7-17(14)18/h3-7,10,20H,8-9,11H2,1-2H3. The first-order chi connectivity index (χ1) is 9.49. The molecule has 1 atom stereocenters. The summed E-state index contributed by atoms with van der Waals surface area (Å²) in [6.45, 7) is 4.15. The van der Waals surface area contributed by atoms with E-state index in [1.807, 2.05) is 6.07 Å². The predicted molar refractivity (Wildman–Crippen MR) is 78.2 cm³/mol. The van der Waals surface area contributed by atoms with Gasteiger partial charge in [-0.2, -0.15) is 0 Å². The van der Waals surface area contributed by atoms with Crippen molar-refractivity contribution in [2.24, 2.45) is 0 Å². The lowest BCUT2D eigenvalue weighted by Gasteiger charge is -2.26. The molecule has 0 fully saturated rings. The van der Waals surface area contributed by atoms with Gasteiger partial charge in [0.25, 0.3) is 0 Å². The molecule has 0 spiro atoms. The maximum absolute atomic E-state index is 13.3. The topological polar surface area (TPSA) is 20.2 Å². The Morgan fingerprint density at radius 2 is 1.85 bits per heavy atom. The number of halogens is 1. The van der Waals surface area contributed by atoms with Crippen LogP contribution in [0.25, 0.3) is 0 Å². The van der Waals surface area contributed by atoms with Gasteiger partial charge in [-0.25, -0.2) is 4.39 Å². The van der Waals surface area contributed by atoms with Crippen molar-refractivity contribution in [2.45, 2.75) is 38.7 Å². The molecule has 1 aliphatic carbocycles. The van der Waals surface area contributed by atoms with Crippen LogP contribution < -0.4 is 0 Å². The average Bonchev–Trinajstić information content (AvgIpc) is 2.72. The van der Waals surface area contributed by atoms with Gasteiger partial charge in [0.1, 0.15) is 5.82 Å². The molecule has 1 nitrogen and oxygen atoms in total. The van der Waals surface area contributed by atoms with Gasteiger partial charge in [-0.15, -0.1) is 0 Å². The van der Waals surface area contributed by atoms with Gasteiger partial charge < -0.3 is 5.11 Å². The Balaban J connectivity index is 2.00. The third-order valence-corrected chi connectivity index (χ3v) is 4.49. The Morgan fingerprint density at radius 3 is 2.55 bits per heavy atom. The summed E-state index contributed by atoms with van der Waals surface area (Å²) in [4.78, 5) is 0. The van der Waals surface area contributed by atoms with E-state index in [4.69, 9.17) is 0 Å². The van der Waals surface area contributed by atoms with Crippen LogP contribution in [-0.2, 0) is 18.4 Å². The second-order valence-corrected chi connectivity index (χ2v) is 5.88. The number of rotatable bonds is 2. The Labute approximate surface area is 119 Å². The van der Waals surface area contributed by atoms with E-state index in [2.05, 4.69) is 26.0 Å². The van der Waals surface area contributed by atoms with E-state index in [1.54, 1.807) is 12.1 Å². The number of aryl methyl sites for hydroxylation is 3. The molecule has 0 aromatic heterocycles. The van der Waals surface area contributed by atoms with E-state index in [-0.39, 0.29) is 5.82 Å². The van der Waals surface area contributed by atoms with Crippen molar-refractivity contribution in [2.75, 3.05) is 0 Å². The molecule has 1 unspecified atom stereocenters. The van der Waals surface area contributed by atoms with Crippen LogP contribution in [0.4, 0.5) is 4.39 Å². The molecule has 0 aliphatic heterocycles. The third kappa shape index (κ3) is 2.14. The molecule has 3 rings (SSSR count). The molecule has 0 saturated carbocycles. The second kappa shape index (κ2) is 4.71. The molecule has 0 saturated heterocycles. The van der Waals surface area contributed by atoms with Gasteiger partial charge in [0.05, 0.1) is 5.60 Å². The van der Waals surface area contributed by atoms with Crippen molar-refractivity contribution in [3.8, 4) is 0 Å². The first-order valence-electron chi connectivity index (χ1n) is 7.06. The first-order valence-corrected chi connectivity index (χ1v) is 7.06. The van der Waals surface area contributed by atoms with Crippen LogP contribution in [0.15, 0.2) is 36.4 Å². The molecule has 2 heteroatoms. The summed E-state index contributed by atoms with van der Waals surface area (Å²) in [5, 5.41) is 11.0. The van der Waals surface area contributed by atoms with E-state index in [0.717, 1.165) is 17.5 Å². The molecule has 1 aliphatic rings. The van der Waals surface area contributed by atoms with Crippen LogP contribution in [0, 0.1) is 19.7 Å². The monoisotopic (exact) mass is 270 g/mol. The predicted octanol–water partition coefficient (Wildman–Crippen LogP) is 3.82. The lowest BCUT2D eigenvalue weighted by atomic mass is 9.85. The van der Waals surface area contributed by atoms with Gasteiger partial charge >= 0.3 is 0 Å². The van der Waals surface area contributed by atoms with E-state index < -0.39 is 5.60 Å². The Morgan fingerprint density at radius 1 is 1.15 bits per heavy atom. The fourth-order valence-corrected chi connectivity index (χ4v) is 3.30. The van der Waals surface area contributed by atoms with Crippen LogP contribution in [-0.4, -0.2) is 5.11 Å². The van der Waals surface area contributed by atoms with Crippen LogP contribution in [0.3, 0.4) is 0 Å². The first kappa shape index (κ1) is 13.3. The zero-order valence-electron chi connectivity index (χ0n) is 11.9. The van der Waals surface area contributed by atoms with Crippen molar-refractivity contribution >= 4 is 0 Å². The second-order valence-electron chi connectivity index (χ2n) is 5.88. The maximum Gasteiger partial charge on any atom is 0.123 e. The lowest BCUT2D eigenvalue weighted by Crippen LogP contribution is -2.26. The van der Waals surface area contributed by atoms with Crippen LogP contribution in [0.2, 0.25) is 0 Å². The molecular formula is C18H19FO. The van der Waals surface area contributed by atoms with Gasteiger partial charge in [0.15, 0.2) is 0 Å². The van der Waals surface area contributed by atoms with Crippen molar-refractivity contribution in [3.63, 3.8) is 0 Å². The number of benzene rings is 2. The maximum atomic E-state index is 13.3. The molecule has 0 amide bonds. The Bertz CT molecular complexity index is 642. The summed E-state index contributed by atoms with van der Waals surface area (Å²) in [5.74, 6) is -0.222. The van der Waals surface area contributed by atoms with Gasteiger partial charge in [-0.05, 0) is 66.6 Å². The zero-order valence-corrected chi connectivity index (χ0v) is 11.9. The highest BCUT2D eigenvalue weighted by Gasteiger charge is 2.37. The van der Waals surface area contributed by atoms with Gasteiger partial charge in [-0.3, -0.25) is 0 Å². The van der Waals surface area contributed by atoms with Crippen molar-refractivity contribution in [1.82, 2.24) is 0 Å². The smallest absolute Gasteiger partial charge is 0.123 e. The number of fused-ring (bicyclic) bond motifs is 1. The minimum atomic E-state index is -0.861. The number of hydrogen-bond acceptors (Lipinski definition) is 1. The summed E-state index contributed by atoms with van der Waals surface area (Å²) in [6.07, 6.45) is 2.01. The summed E-state index contributed by atoms with van der Waals surface area (Å²) in [7, 11) is 0. The fourth-order valence-electron chi connectivity index (χ4n) is 3.30. The Hall–Kier alpha value is -1.67. The van der Waals surface area contributed by atoms with Crippen LogP contribution in [0.5, 0.6) is 0 Å². The molecule has 20 heavy (non-hydrogen) atoms. The summed E-state index contributed by atoms with van der Waals surface area (Å²) < 4.78 is 13.3. The Kier molecular flexibility index (Phi) is 3.14. The quantitative estimate of drug-likeness (QED) is 0.879. The lowest BCUT2D eigenvalue weighted by molar-refractivity contribution is 0.0386. The third-order valence-electron chi connectivity index (χ3n) is 4.49. The van der Waals surface area contributed by atoms with Gasteiger partial charge in [0, 0.05) is 6.42 Å². The minimum Gasteiger partial charge on any atom is -0.385 e. The average molecular weight is 270 g/mol. The fraction of sp³-hybridized carbons (Fsp3) is 0.333. The molecule has 0 heterocycles. The van der Waals surface area contributed by atoms with E-state index in [9.17, 15) is 9.50 Å². The van der Waals surface area contributed by atoms with E-state index >= 15 is 0 Å². The van der Waals surface area contributed by atoms with Crippen LogP contribution >= 0.6 is 0 Å². The van der Waals surface area contributed by atoms with E-state index in [1.165, 1.54) is 22.8 Å². The normalized spacial score (nSPS) is 21.0. The van der Waals surface area contributed by atoms with Gasteiger partial charge in [0.2, 0.25) is 0 Å². The SMILES string of the molecule is Cc1cccc(C)c1CC1(O)CCc2cc(F)ccc21. The molecule has 2 aromatic rings. The largest absolute Gasteiger partial charge is 0.385 e. The van der Waals surface area contributed by atoms with Gasteiger partial charge in [-0.1, -0.05) is 24.3 Å². The van der Waals surface area contributed by atoms with E-state index in [0.29, 0.717) is 12.8 Å². The minimum absolute atomic E-state index is 0.222.